The summed E-state index contributed by atoms with van der Waals surface area (Å²) >= 11 is 0. The van der Waals surface area contributed by atoms with Gasteiger partial charge in [-0.25, -0.2) is 4.39 Å². The third-order valence-corrected chi connectivity index (χ3v) is 3.59. The van der Waals surface area contributed by atoms with Crippen LogP contribution in [0.5, 0.6) is 0 Å². The fourth-order valence-corrected chi connectivity index (χ4v) is 2.28. The van der Waals surface area contributed by atoms with Crippen molar-refractivity contribution in [3.63, 3.8) is 0 Å². The minimum atomic E-state index is -0.396. The highest BCUT2D eigenvalue weighted by atomic mass is 19.1. The first-order chi connectivity index (χ1) is 8.00. The molecule has 0 atom stereocenters. The van der Waals surface area contributed by atoms with E-state index in [1.807, 2.05) is 13.8 Å². The quantitative estimate of drug-likeness (QED) is 0.785. The van der Waals surface area contributed by atoms with Crippen molar-refractivity contribution < 1.29 is 9.18 Å². The molecular formula is C14H18FNO. The van der Waals surface area contributed by atoms with E-state index in [2.05, 4.69) is 4.90 Å². The predicted molar refractivity (Wildman–Crippen MR) is 65.1 cm³/mol. The Morgan fingerprint density at radius 1 is 1.29 bits per heavy atom. The first-order valence-electron chi connectivity index (χ1n) is 6.03. The molecule has 3 heteroatoms. The first kappa shape index (κ1) is 12.2. The van der Waals surface area contributed by atoms with Crippen LogP contribution in [0.2, 0.25) is 0 Å². The van der Waals surface area contributed by atoms with Gasteiger partial charge in [0.25, 0.3) is 0 Å². The van der Waals surface area contributed by atoms with E-state index >= 15 is 0 Å². The maximum Gasteiger partial charge on any atom is 0.152 e. The topological polar surface area (TPSA) is 20.3 Å². The lowest BCUT2D eigenvalue weighted by atomic mass is 9.88. The second-order valence-electron chi connectivity index (χ2n) is 5.13. The molecule has 1 aliphatic rings. The molecule has 17 heavy (non-hydrogen) atoms. The minimum absolute atomic E-state index is 0.220. The van der Waals surface area contributed by atoms with Gasteiger partial charge in [0.15, 0.2) is 5.78 Å². The summed E-state index contributed by atoms with van der Waals surface area (Å²) in [5.41, 5.74) is 0.654. The number of likely N-dealkylation sites (tertiary alicyclic amines) is 1. The molecule has 2 nitrogen and oxygen atoms in total. The second-order valence-corrected chi connectivity index (χ2v) is 5.13. The molecule has 0 N–H and O–H groups in total. The van der Waals surface area contributed by atoms with Crippen LogP contribution in [-0.2, 0) is 11.3 Å². The highest BCUT2D eigenvalue weighted by molar-refractivity contribution is 5.88. The van der Waals surface area contributed by atoms with Gasteiger partial charge in [-0.3, -0.25) is 9.69 Å². The van der Waals surface area contributed by atoms with Crippen LogP contribution in [0.4, 0.5) is 4.39 Å². The standard InChI is InChI=1S/C14H18FNO/c1-14(2)13(17)4-3-9-16(14)10-11-5-7-12(15)8-6-11/h5-8H,3-4,9-10H2,1-2H3. The summed E-state index contributed by atoms with van der Waals surface area (Å²) < 4.78 is 12.8. The number of hydrogen-bond donors (Lipinski definition) is 0. The van der Waals surface area contributed by atoms with Gasteiger partial charge in [-0.05, 0) is 44.5 Å². The monoisotopic (exact) mass is 235 g/mol. The fraction of sp³-hybridized carbons (Fsp3) is 0.500. The van der Waals surface area contributed by atoms with E-state index in [0.717, 1.165) is 18.5 Å². The number of Topliss-reactive ketones (excluding diaryl/α,β-unsaturated/α-hetero) is 1. The van der Waals surface area contributed by atoms with Crippen molar-refractivity contribution in [2.45, 2.75) is 38.8 Å². The number of rotatable bonds is 2. The Bertz CT molecular complexity index is 411. The lowest BCUT2D eigenvalue weighted by Gasteiger charge is -2.41. The average Bonchev–Trinajstić information content (AvgIpc) is 2.28. The number of piperidine rings is 1. The van der Waals surface area contributed by atoms with Crippen molar-refractivity contribution in [3.05, 3.63) is 35.6 Å². The summed E-state index contributed by atoms with van der Waals surface area (Å²) in [4.78, 5) is 14.0. The Kier molecular flexibility index (Phi) is 3.29. The maximum atomic E-state index is 12.8. The largest absolute Gasteiger partial charge is 0.298 e. The van der Waals surface area contributed by atoms with Crippen LogP contribution in [0.1, 0.15) is 32.3 Å². The van der Waals surface area contributed by atoms with E-state index in [1.54, 1.807) is 12.1 Å². The Morgan fingerprint density at radius 2 is 1.94 bits per heavy atom. The molecule has 0 saturated carbocycles. The molecule has 0 spiro atoms. The molecule has 1 fully saturated rings. The van der Waals surface area contributed by atoms with Crippen LogP contribution in [0, 0.1) is 5.82 Å². The van der Waals surface area contributed by atoms with Gasteiger partial charge in [0, 0.05) is 13.0 Å². The number of hydrogen-bond acceptors (Lipinski definition) is 2. The summed E-state index contributed by atoms with van der Waals surface area (Å²) in [5, 5.41) is 0. The second kappa shape index (κ2) is 4.57. The zero-order valence-corrected chi connectivity index (χ0v) is 10.4. The summed E-state index contributed by atoms with van der Waals surface area (Å²) in [5.74, 6) is 0.0774. The molecule has 0 aliphatic carbocycles. The molecule has 1 heterocycles. The molecule has 1 aromatic carbocycles. The SMILES string of the molecule is CC1(C)C(=O)CCCN1Cc1ccc(F)cc1. The van der Waals surface area contributed by atoms with Crippen molar-refractivity contribution in [2.24, 2.45) is 0 Å². The summed E-state index contributed by atoms with van der Waals surface area (Å²) in [6, 6.07) is 6.50. The van der Waals surface area contributed by atoms with E-state index in [0.29, 0.717) is 18.7 Å². The highest BCUT2D eigenvalue weighted by Gasteiger charge is 2.36. The van der Waals surface area contributed by atoms with Crippen LogP contribution in [0.25, 0.3) is 0 Å². The normalized spacial score (nSPS) is 20.5. The average molecular weight is 235 g/mol. The molecule has 0 amide bonds. The van der Waals surface area contributed by atoms with Crippen LogP contribution < -0.4 is 0 Å². The Morgan fingerprint density at radius 3 is 2.59 bits per heavy atom. The van der Waals surface area contributed by atoms with Gasteiger partial charge in [0.05, 0.1) is 5.54 Å². The number of benzene rings is 1. The Labute approximate surface area is 101 Å². The highest BCUT2D eigenvalue weighted by Crippen LogP contribution is 2.26. The van der Waals surface area contributed by atoms with E-state index in [1.165, 1.54) is 12.1 Å². The smallest absolute Gasteiger partial charge is 0.152 e. The van der Waals surface area contributed by atoms with Gasteiger partial charge in [-0.1, -0.05) is 12.1 Å². The lowest BCUT2D eigenvalue weighted by molar-refractivity contribution is -0.133. The van der Waals surface area contributed by atoms with Gasteiger partial charge in [0.1, 0.15) is 5.82 Å². The van der Waals surface area contributed by atoms with Gasteiger partial charge >= 0.3 is 0 Å². The number of nitrogens with zero attached hydrogens (tertiary/aromatic N) is 1. The van der Waals surface area contributed by atoms with Crippen LogP contribution in [0.15, 0.2) is 24.3 Å². The van der Waals surface area contributed by atoms with Crippen molar-refractivity contribution >= 4 is 5.78 Å². The Hall–Kier alpha value is -1.22. The van der Waals surface area contributed by atoms with Crippen LogP contribution >= 0.6 is 0 Å². The van der Waals surface area contributed by atoms with E-state index in [9.17, 15) is 9.18 Å². The lowest BCUT2D eigenvalue weighted by Crippen LogP contribution is -2.53. The number of ketones is 1. The third kappa shape index (κ3) is 2.55. The van der Waals surface area contributed by atoms with Gasteiger partial charge in [0.2, 0.25) is 0 Å². The van der Waals surface area contributed by atoms with E-state index in [4.69, 9.17) is 0 Å². The zero-order valence-electron chi connectivity index (χ0n) is 10.4. The summed E-state index contributed by atoms with van der Waals surface area (Å²) in [6.45, 7) is 5.57. The molecule has 1 aliphatic heterocycles. The molecule has 0 aromatic heterocycles. The minimum Gasteiger partial charge on any atom is -0.298 e. The predicted octanol–water partition coefficient (Wildman–Crippen LogP) is 2.77. The summed E-state index contributed by atoms with van der Waals surface area (Å²) in [7, 11) is 0. The molecule has 1 saturated heterocycles. The van der Waals surface area contributed by atoms with Crippen molar-refractivity contribution in [3.8, 4) is 0 Å². The molecule has 0 bridgehead atoms. The third-order valence-electron chi connectivity index (χ3n) is 3.59. The van der Waals surface area contributed by atoms with Gasteiger partial charge in [-0.15, -0.1) is 0 Å². The molecule has 1 aromatic rings. The van der Waals surface area contributed by atoms with Gasteiger partial charge in [-0.2, -0.15) is 0 Å². The van der Waals surface area contributed by atoms with Crippen LogP contribution in [-0.4, -0.2) is 22.8 Å². The molecule has 92 valence electrons. The molecule has 0 radical (unpaired) electrons. The van der Waals surface area contributed by atoms with Crippen LogP contribution in [0.3, 0.4) is 0 Å². The van der Waals surface area contributed by atoms with E-state index < -0.39 is 5.54 Å². The number of carbonyl (C=O) groups excluding carboxylic acids is 1. The molecule has 0 unspecified atom stereocenters. The van der Waals surface area contributed by atoms with Gasteiger partial charge < -0.3 is 0 Å². The van der Waals surface area contributed by atoms with Crippen molar-refractivity contribution in [2.75, 3.05) is 6.54 Å². The van der Waals surface area contributed by atoms with Crippen molar-refractivity contribution in [1.82, 2.24) is 4.90 Å². The number of carbonyl (C=O) groups is 1. The fourth-order valence-electron chi connectivity index (χ4n) is 2.28. The first-order valence-corrected chi connectivity index (χ1v) is 6.03. The summed E-state index contributed by atoms with van der Waals surface area (Å²) in [6.07, 6.45) is 1.59. The molecular weight excluding hydrogens is 217 g/mol. The Balaban J connectivity index is 2.12. The molecule has 2 rings (SSSR count). The maximum absolute atomic E-state index is 12.8. The zero-order chi connectivity index (χ0) is 12.5. The number of halogens is 1. The van der Waals surface area contributed by atoms with E-state index in [-0.39, 0.29) is 5.82 Å². The van der Waals surface area contributed by atoms with Crippen molar-refractivity contribution in [1.29, 1.82) is 0 Å².